The highest BCUT2D eigenvalue weighted by atomic mass is 35.5. The number of carbonyl (C=O) groups excluding carboxylic acids is 2. The number of halogens is 1. The van der Waals surface area contributed by atoms with Crippen LogP contribution in [0.5, 0.6) is 0 Å². The van der Waals surface area contributed by atoms with E-state index < -0.39 is 18.1 Å². The molecule has 1 aliphatic heterocycles. The van der Waals surface area contributed by atoms with Gasteiger partial charge in [0.15, 0.2) is 12.1 Å². The molecule has 1 saturated heterocycles. The molecule has 0 aliphatic carbocycles. The van der Waals surface area contributed by atoms with E-state index in [0.29, 0.717) is 43.8 Å². The van der Waals surface area contributed by atoms with E-state index >= 15 is 0 Å². The van der Waals surface area contributed by atoms with Crippen molar-refractivity contribution in [1.82, 2.24) is 0 Å². The number of aliphatic hydroxyl groups is 1. The van der Waals surface area contributed by atoms with E-state index in [-0.39, 0.29) is 22.9 Å². The predicted molar refractivity (Wildman–Crippen MR) is 105 cm³/mol. The number of likely N-dealkylation sites (tertiary alicyclic amines) is 1. The van der Waals surface area contributed by atoms with Crippen molar-refractivity contribution >= 4 is 23.4 Å². The maximum Gasteiger partial charge on any atom is 0.343 e. The van der Waals surface area contributed by atoms with Gasteiger partial charge < -0.3 is 16.6 Å². The molecule has 1 aromatic carbocycles. The molecule has 6 nitrogen and oxygen atoms in total. The molecular formula is C20H31ClN3O3+. The summed E-state index contributed by atoms with van der Waals surface area (Å²) in [6.07, 6.45) is 1.49. The fourth-order valence-electron chi connectivity index (χ4n) is 4.33. The second-order valence-corrected chi connectivity index (χ2v) is 7.89. The number of benzene rings is 1. The maximum absolute atomic E-state index is 13.5. The van der Waals surface area contributed by atoms with E-state index in [1.807, 2.05) is 19.9 Å². The highest BCUT2D eigenvalue weighted by Crippen LogP contribution is 2.34. The normalized spacial score (nSPS) is 23.6. The first kappa shape index (κ1) is 21.8. The average Bonchev–Trinajstić information content (AvgIpc) is 3.07. The van der Waals surface area contributed by atoms with Crippen LogP contribution in [0.25, 0.3) is 0 Å². The van der Waals surface area contributed by atoms with Crippen molar-refractivity contribution in [2.24, 2.45) is 17.4 Å². The summed E-state index contributed by atoms with van der Waals surface area (Å²) in [6.45, 7) is 4.94. The number of hydrogen-bond acceptors (Lipinski definition) is 4. The Morgan fingerprint density at radius 1 is 1.30 bits per heavy atom. The lowest BCUT2D eigenvalue weighted by atomic mass is 9.93. The van der Waals surface area contributed by atoms with E-state index in [4.69, 9.17) is 23.1 Å². The monoisotopic (exact) mass is 396 g/mol. The first-order valence-corrected chi connectivity index (χ1v) is 10.0. The Kier molecular flexibility index (Phi) is 7.40. The molecule has 2 amide bonds. The molecule has 3 atom stereocenters. The number of rotatable bonds is 8. The SMILES string of the molecule is CCC(CC)C(O)C(=O)[N+]1(Cc2cc(Cl)ccc2CN)CCC[C@H]1C(N)=O. The fraction of sp³-hybridized carbons (Fsp3) is 0.600. The van der Waals surface area contributed by atoms with Crippen molar-refractivity contribution in [3.05, 3.63) is 34.3 Å². The van der Waals surface area contributed by atoms with Gasteiger partial charge in [0.2, 0.25) is 0 Å². The lowest BCUT2D eigenvalue weighted by molar-refractivity contribution is -0.872. The van der Waals surface area contributed by atoms with Crippen LogP contribution in [0.3, 0.4) is 0 Å². The minimum atomic E-state index is -1.12. The minimum absolute atomic E-state index is 0.144. The second kappa shape index (κ2) is 9.15. The zero-order valence-corrected chi connectivity index (χ0v) is 16.9. The van der Waals surface area contributed by atoms with Crippen LogP contribution in [0.1, 0.15) is 50.7 Å². The quantitative estimate of drug-likeness (QED) is 0.585. The van der Waals surface area contributed by atoms with E-state index in [9.17, 15) is 14.7 Å². The molecule has 1 heterocycles. The van der Waals surface area contributed by atoms with Crippen LogP contribution in [-0.2, 0) is 22.7 Å². The third kappa shape index (κ3) is 4.35. The minimum Gasteiger partial charge on any atom is -0.379 e. The lowest BCUT2D eigenvalue weighted by Gasteiger charge is -2.39. The second-order valence-electron chi connectivity index (χ2n) is 7.45. The van der Waals surface area contributed by atoms with Gasteiger partial charge in [-0.2, -0.15) is 0 Å². The summed E-state index contributed by atoms with van der Waals surface area (Å²) in [6, 6.07) is 4.74. The summed E-state index contributed by atoms with van der Waals surface area (Å²) in [5.74, 6) is -0.975. The topological polar surface area (TPSA) is 106 Å². The summed E-state index contributed by atoms with van der Waals surface area (Å²) >= 11 is 6.17. The Bertz CT molecular complexity index is 693. The molecule has 0 aromatic heterocycles. The molecule has 2 unspecified atom stereocenters. The van der Waals surface area contributed by atoms with Crippen molar-refractivity contribution in [2.75, 3.05) is 6.54 Å². The standard InChI is InChI=1S/C20H30ClN3O3/c1-3-13(4-2)18(25)20(27)24(9-5-6-17(24)19(23)26)12-15-10-16(21)8-7-14(15)11-22/h7-8,10,13,17-18,25H,3-6,9,11-12,22H2,1-2H3,(H-,23,26)/p+1/t17-,18?,24?/m0/s1. The molecule has 0 radical (unpaired) electrons. The predicted octanol–water partition coefficient (Wildman–Crippen LogP) is 2.09. The maximum atomic E-state index is 13.5. The van der Waals surface area contributed by atoms with Crippen molar-refractivity contribution in [1.29, 1.82) is 0 Å². The van der Waals surface area contributed by atoms with Gasteiger partial charge in [0.05, 0.1) is 6.54 Å². The Hall–Kier alpha value is -1.47. The van der Waals surface area contributed by atoms with Crippen LogP contribution in [-0.4, -0.2) is 40.1 Å². The van der Waals surface area contributed by atoms with Crippen LogP contribution in [0.2, 0.25) is 5.02 Å². The number of nitrogens with zero attached hydrogens (tertiary/aromatic N) is 1. The number of hydrogen-bond donors (Lipinski definition) is 3. The van der Waals surface area contributed by atoms with Crippen molar-refractivity contribution in [3.8, 4) is 0 Å². The summed E-state index contributed by atoms with van der Waals surface area (Å²) in [5.41, 5.74) is 13.2. The van der Waals surface area contributed by atoms with Crippen LogP contribution >= 0.6 is 11.6 Å². The Morgan fingerprint density at radius 3 is 2.52 bits per heavy atom. The van der Waals surface area contributed by atoms with Gasteiger partial charge in [0.25, 0.3) is 5.91 Å². The van der Waals surface area contributed by atoms with E-state index in [0.717, 1.165) is 11.1 Å². The van der Waals surface area contributed by atoms with Crippen LogP contribution < -0.4 is 11.5 Å². The summed E-state index contributed by atoms with van der Waals surface area (Å²) in [7, 11) is 0. The van der Waals surface area contributed by atoms with Crippen molar-refractivity contribution in [2.45, 2.75) is 64.8 Å². The molecule has 150 valence electrons. The van der Waals surface area contributed by atoms with Gasteiger partial charge in [-0.3, -0.25) is 4.79 Å². The Balaban J connectivity index is 2.51. The number of amides is 2. The van der Waals surface area contributed by atoms with Crippen LogP contribution in [0.15, 0.2) is 18.2 Å². The molecule has 5 N–H and O–H groups in total. The molecule has 7 heteroatoms. The van der Waals surface area contributed by atoms with E-state index in [2.05, 4.69) is 0 Å². The molecule has 27 heavy (non-hydrogen) atoms. The van der Waals surface area contributed by atoms with E-state index in [1.54, 1.807) is 12.1 Å². The summed E-state index contributed by atoms with van der Waals surface area (Å²) < 4.78 is -0.152. The van der Waals surface area contributed by atoms with Gasteiger partial charge in [-0.1, -0.05) is 44.4 Å². The molecule has 2 rings (SSSR count). The first-order chi connectivity index (χ1) is 12.8. The molecular weight excluding hydrogens is 366 g/mol. The summed E-state index contributed by atoms with van der Waals surface area (Å²) in [5, 5.41) is 11.3. The smallest absolute Gasteiger partial charge is 0.343 e. The largest absolute Gasteiger partial charge is 0.379 e. The molecule has 1 fully saturated rings. The number of primary amides is 1. The van der Waals surface area contributed by atoms with Gasteiger partial charge in [-0.25, -0.2) is 9.28 Å². The zero-order valence-electron chi connectivity index (χ0n) is 16.2. The molecule has 1 aliphatic rings. The lowest BCUT2D eigenvalue weighted by Crippen LogP contribution is -2.63. The van der Waals surface area contributed by atoms with Crippen molar-refractivity contribution in [3.63, 3.8) is 0 Å². The zero-order chi connectivity index (χ0) is 20.2. The fourth-order valence-corrected chi connectivity index (χ4v) is 4.53. The number of quaternary nitrogens is 1. The van der Waals surface area contributed by atoms with Crippen LogP contribution in [0.4, 0.5) is 0 Å². The number of aliphatic hydroxyl groups excluding tert-OH is 1. The number of carbonyl (C=O) groups is 2. The Labute approximate surface area is 166 Å². The highest BCUT2D eigenvalue weighted by Gasteiger charge is 2.54. The van der Waals surface area contributed by atoms with Gasteiger partial charge >= 0.3 is 5.91 Å². The van der Waals surface area contributed by atoms with Gasteiger partial charge in [-0.05, 0) is 23.6 Å². The van der Waals surface area contributed by atoms with Crippen LogP contribution in [0, 0.1) is 5.92 Å². The first-order valence-electron chi connectivity index (χ1n) is 9.66. The third-order valence-electron chi connectivity index (χ3n) is 5.99. The van der Waals surface area contributed by atoms with Gasteiger partial charge in [-0.15, -0.1) is 0 Å². The molecule has 1 aromatic rings. The van der Waals surface area contributed by atoms with Gasteiger partial charge in [0.1, 0.15) is 6.54 Å². The van der Waals surface area contributed by atoms with E-state index in [1.165, 1.54) is 0 Å². The van der Waals surface area contributed by atoms with Gasteiger partial charge in [0, 0.05) is 30.0 Å². The number of nitrogens with two attached hydrogens (primary N) is 2. The molecule has 0 bridgehead atoms. The van der Waals surface area contributed by atoms with Crippen molar-refractivity contribution < 1.29 is 19.2 Å². The molecule has 0 saturated carbocycles. The summed E-state index contributed by atoms with van der Waals surface area (Å²) in [4.78, 5) is 25.7. The molecule has 0 spiro atoms. The average molecular weight is 397 g/mol. The third-order valence-corrected chi connectivity index (χ3v) is 6.22. The highest BCUT2D eigenvalue weighted by molar-refractivity contribution is 6.30. The Morgan fingerprint density at radius 2 is 1.96 bits per heavy atom.